The van der Waals surface area contributed by atoms with Crippen molar-refractivity contribution in [3.05, 3.63) is 46.8 Å². The normalized spacial score (nSPS) is 18.6. The number of aryl methyl sites for hydroxylation is 1. The van der Waals surface area contributed by atoms with E-state index >= 15 is 0 Å². The fourth-order valence-corrected chi connectivity index (χ4v) is 4.67. The van der Waals surface area contributed by atoms with Gasteiger partial charge in [0.15, 0.2) is 0 Å². The maximum absolute atomic E-state index is 13.3. The third kappa shape index (κ3) is 4.08. The van der Waals surface area contributed by atoms with Crippen LogP contribution in [0.15, 0.2) is 39.8 Å². The summed E-state index contributed by atoms with van der Waals surface area (Å²) in [6.07, 6.45) is 2.03. The molecule has 1 aliphatic heterocycles. The number of rotatable bonds is 5. The van der Waals surface area contributed by atoms with Crippen LogP contribution < -0.4 is 5.32 Å². The Kier molecular flexibility index (Phi) is 5.64. The zero-order chi connectivity index (χ0) is 18.7. The van der Waals surface area contributed by atoms with E-state index < -0.39 is 16.1 Å². The second-order valence-electron chi connectivity index (χ2n) is 6.24. The van der Waals surface area contributed by atoms with Gasteiger partial charge in [-0.05, 0) is 50.5 Å². The van der Waals surface area contributed by atoms with Crippen molar-refractivity contribution in [3.63, 3.8) is 0 Å². The Balaban J connectivity index is 2.00. The summed E-state index contributed by atoms with van der Waals surface area (Å²) in [5.41, 5.74) is 0.456. The summed E-state index contributed by atoms with van der Waals surface area (Å²) in [6.45, 7) is 2.24. The molecule has 0 aliphatic carbocycles. The highest BCUT2D eigenvalue weighted by Crippen LogP contribution is 2.25. The molecule has 140 valence electrons. The van der Waals surface area contributed by atoms with Crippen LogP contribution >= 0.6 is 11.6 Å². The quantitative estimate of drug-likeness (QED) is 0.836. The Morgan fingerprint density at radius 3 is 2.69 bits per heavy atom. The van der Waals surface area contributed by atoms with Gasteiger partial charge in [0.25, 0.3) is 0 Å². The van der Waals surface area contributed by atoms with Gasteiger partial charge in [-0.1, -0.05) is 16.8 Å². The smallest absolute Gasteiger partial charge is 0.244 e. The lowest BCUT2D eigenvalue weighted by Crippen LogP contribution is -2.48. The lowest BCUT2D eigenvalue weighted by molar-refractivity contribution is -0.124. The molecule has 1 saturated heterocycles. The Morgan fingerprint density at radius 2 is 2.04 bits per heavy atom. The first-order chi connectivity index (χ1) is 12.4. The van der Waals surface area contributed by atoms with E-state index in [0.29, 0.717) is 29.4 Å². The highest BCUT2D eigenvalue weighted by molar-refractivity contribution is 7.89. The van der Waals surface area contributed by atoms with Gasteiger partial charge >= 0.3 is 0 Å². The number of amides is 1. The molecule has 1 aromatic heterocycles. The molecule has 0 spiro atoms. The molecule has 2 aromatic rings. The number of halogens is 1. The van der Waals surface area contributed by atoms with Gasteiger partial charge in [0.2, 0.25) is 15.9 Å². The van der Waals surface area contributed by atoms with Crippen molar-refractivity contribution in [1.29, 1.82) is 0 Å². The van der Waals surface area contributed by atoms with Crippen molar-refractivity contribution >= 4 is 27.5 Å². The molecular formula is C17H20ClN3O4S. The van der Waals surface area contributed by atoms with Crippen molar-refractivity contribution in [2.75, 3.05) is 6.54 Å². The van der Waals surface area contributed by atoms with Gasteiger partial charge < -0.3 is 9.84 Å². The van der Waals surface area contributed by atoms with Crippen LogP contribution in [0.25, 0.3) is 0 Å². The van der Waals surface area contributed by atoms with E-state index in [1.54, 1.807) is 13.0 Å². The van der Waals surface area contributed by atoms with Gasteiger partial charge in [0, 0.05) is 17.6 Å². The topological polar surface area (TPSA) is 92.5 Å². The predicted molar refractivity (Wildman–Crippen MR) is 96.1 cm³/mol. The molecule has 1 atom stereocenters. The maximum Gasteiger partial charge on any atom is 0.244 e. The van der Waals surface area contributed by atoms with Crippen LogP contribution in [-0.2, 0) is 21.4 Å². The first kappa shape index (κ1) is 18.9. The second kappa shape index (κ2) is 7.77. The molecule has 26 heavy (non-hydrogen) atoms. The summed E-state index contributed by atoms with van der Waals surface area (Å²) < 4.78 is 32.8. The minimum atomic E-state index is -3.92. The molecule has 1 N–H and O–H groups in total. The summed E-state index contributed by atoms with van der Waals surface area (Å²) in [5.74, 6) is 0.286. The molecule has 1 aromatic carbocycles. The molecule has 1 amide bonds. The van der Waals surface area contributed by atoms with Gasteiger partial charge in [0.1, 0.15) is 11.8 Å². The highest BCUT2D eigenvalue weighted by Gasteiger charge is 2.37. The SMILES string of the molecule is Cc1cc(CN(C2CCCCNC2=O)S(=O)(=O)c2ccc(Cl)cc2)no1. The zero-order valence-electron chi connectivity index (χ0n) is 14.3. The first-order valence-corrected chi connectivity index (χ1v) is 10.2. The molecule has 1 aliphatic rings. The van der Waals surface area contributed by atoms with Gasteiger partial charge in [-0.2, -0.15) is 4.31 Å². The minimum absolute atomic E-state index is 0.0413. The highest BCUT2D eigenvalue weighted by atomic mass is 35.5. The molecule has 0 saturated carbocycles. The molecule has 1 fully saturated rings. The number of sulfonamides is 1. The van der Waals surface area contributed by atoms with E-state index in [0.717, 1.165) is 12.8 Å². The second-order valence-corrected chi connectivity index (χ2v) is 8.56. The fraction of sp³-hybridized carbons (Fsp3) is 0.412. The van der Waals surface area contributed by atoms with Gasteiger partial charge in [-0.15, -0.1) is 0 Å². The van der Waals surface area contributed by atoms with Gasteiger partial charge in [-0.25, -0.2) is 8.42 Å². The van der Waals surface area contributed by atoms with Crippen molar-refractivity contribution < 1.29 is 17.7 Å². The van der Waals surface area contributed by atoms with Crippen LogP contribution in [-0.4, -0.2) is 36.4 Å². The maximum atomic E-state index is 13.3. The third-order valence-electron chi connectivity index (χ3n) is 4.27. The number of hydrogen-bond donors (Lipinski definition) is 1. The molecule has 1 unspecified atom stereocenters. The Labute approximate surface area is 157 Å². The molecule has 9 heteroatoms. The number of carbonyl (C=O) groups is 1. The van der Waals surface area contributed by atoms with Crippen LogP contribution in [0, 0.1) is 6.92 Å². The third-order valence-corrected chi connectivity index (χ3v) is 6.39. The number of carbonyl (C=O) groups excluding carboxylic acids is 1. The van der Waals surface area contributed by atoms with E-state index in [-0.39, 0.29) is 17.3 Å². The van der Waals surface area contributed by atoms with E-state index in [1.807, 2.05) is 0 Å². The van der Waals surface area contributed by atoms with Crippen molar-refractivity contribution in [2.24, 2.45) is 0 Å². The fourth-order valence-electron chi connectivity index (χ4n) is 2.95. The molecule has 7 nitrogen and oxygen atoms in total. The molecule has 2 heterocycles. The standard InChI is InChI=1S/C17H20ClN3O4S/c1-12-10-14(20-25-12)11-21(16-4-2-3-9-19-17(16)22)26(23,24)15-7-5-13(18)6-8-15/h5-8,10,16H,2-4,9,11H2,1H3,(H,19,22). The van der Waals surface area contributed by atoms with E-state index in [1.165, 1.54) is 28.6 Å². The lowest BCUT2D eigenvalue weighted by atomic mass is 10.1. The number of aromatic nitrogens is 1. The minimum Gasteiger partial charge on any atom is -0.361 e. The van der Waals surface area contributed by atoms with Crippen LogP contribution in [0.1, 0.15) is 30.7 Å². The average Bonchev–Trinajstić information content (AvgIpc) is 2.89. The van der Waals surface area contributed by atoms with E-state index in [9.17, 15) is 13.2 Å². The summed E-state index contributed by atoms with van der Waals surface area (Å²) in [6, 6.07) is 6.77. The molecule has 3 rings (SSSR count). The number of benzene rings is 1. The average molecular weight is 398 g/mol. The summed E-state index contributed by atoms with van der Waals surface area (Å²) in [5, 5.41) is 7.11. The van der Waals surface area contributed by atoms with Crippen LogP contribution in [0.5, 0.6) is 0 Å². The monoisotopic (exact) mass is 397 g/mol. The molecule has 0 radical (unpaired) electrons. The Bertz CT molecular complexity index is 880. The summed E-state index contributed by atoms with van der Waals surface area (Å²) in [4.78, 5) is 12.6. The molecular weight excluding hydrogens is 378 g/mol. The Hall–Kier alpha value is -1.90. The van der Waals surface area contributed by atoms with Crippen molar-refractivity contribution in [1.82, 2.24) is 14.8 Å². The predicted octanol–water partition coefficient (Wildman–Crippen LogP) is 2.50. The number of nitrogens with zero attached hydrogens (tertiary/aromatic N) is 2. The first-order valence-electron chi connectivity index (χ1n) is 8.35. The molecule has 0 bridgehead atoms. The van der Waals surface area contributed by atoms with E-state index in [2.05, 4.69) is 10.5 Å². The van der Waals surface area contributed by atoms with Crippen LogP contribution in [0.4, 0.5) is 0 Å². The summed E-state index contributed by atoms with van der Waals surface area (Å²) >= 11 is 5.87. The van der Waals surface area contributed by atoms with Crippen molar-refractivity contribution in [3.8, 4) is 0 Å². The lowest BCUT2D eigenvalue weighted by Gasteiger charge is -2.28. The number of hydrogen-bond acceptors (Lipinski definition) is 5. The van der Waals surface area contributed by atoms with E-state index in [4.69, 9.17) is 16.1 Å². The van der Waals surface area contributed by atoms with Crippen LogP contribution in [0.3, 0.4) is 0 Å². The van der Waals surface area contributed by atoms with Gasteiger partial charge in [-0.3, -0.25) is 4.79 Å². The largest absolute Gasteiger partial charge is 0.361 e. The van der Waals surface area contributed by atoms with Crippen molar-refractivity contribution in [2.45, 2.75) is 43.7 Å². The van der Waals surface area contributed by atoms with Crippen LogP contribution in [0.2, 0.25) is 5.02 Å². The van der Waals surface area contributed by atoms with Gasteiger partial charge in [0.05, 0.1) is 17.1 Å². The zero-order valence-corrected chi connectivity index (χ0v) is 15.9. The summed E-state index contributed by atoms with van der Waals surface area (Å²) in [7, 11) is -3.92. The number of nitrogens with one attached hydrogen (secondary N) is 1. The Morgan fingerprint density at radius 1 is 1.31 bits per heavy atom.